The van der Waals surface area contributed by atoms with Crippen LogP contribution in [0.2, 0.25) is 0 Å². The third-order valence-electron chi connectivity index (χ3n) is 3.83. The summed E-state index contributed by atoms with van der Waals surface area (Å²) in [6, 6.07) is 5.47. The molecule has 23 heavy (non-hydrogen) atoms. The summed E-state index contributed by atoms with van der Waals surface area (Å²) in [5.41, 5.74) is 1.87. The van der Waals surface area contributed by atoms with Crippen LogP contribution in [0.25, 0.3) is 0 Å². The molecule has 1 fully saturated rings. The number of nitrogens with one attached hydrogen (secondary N) is 1. The number of fused-ring (bicyclic) bond motifs is 2. The smallest absolute Gasteiger partial charge is 0.302 e. The predicted octanol–water partition coefficient (Wildman–Crippen LogP) is 1.34. The van der Waals surface area contributed by atoms with Crippen molar-refractivity contribution in [3.63, 3.8) is 0 Å². The summed E-state index contributed by atoms with van der Waals surface area (Å²) in [5, 5.41) is 2.78. The van der Waals surface area contributed by atoms with Crippen molar-refractivity contribution in [2.75, 3.05) is 13.2 Å². The Bertz CT molecular complexity index is 671. The molecule has 1 atom stereocenters. The SMILES string of the molecule is CC(=O)OCCCOc1ccc2c(c1)CN1C(=N2)NC(=O)C1C. The predicted molar refractivity (Wildman–Crippen MR) is 83.4 cm³/mol. The number of carbonyl (C=O) groups is 2. The molecule has 1 amide bonds. The molecule has 1 saturated heterocycles. The number of amides is 1. The van der Waals surface area contributed by atoms with Gasteiger partial charge in [0.1, 0.15) is 11.8 Å². The summed E-state index contributed by atoms with van der Waals surface area (Å²) in [5.74, 6) is 1.05. The molecule has 0 saturated carbocycles. The topological polar surface area (TPSA) is 80.2 Å². The molecule has 2 aliphatic heterocycles. The first-order valence-corrected chi connectivity index (χ1v) is 7.60. The fraction of sp³-hybridized carbons (Fsp3) is 0.438. The van der Waals surface area contributed by atoms with E-state index in [1.807, 2.05) is 30.0 Å². The Hall–Kier alpha value is -2.57. The van der Waals surface area contributed by atoms with E-state index in [9.17, 15) is 9.59 Å². The highest BCUT2D eigenvalue weighted by atomic mass is 16.5. The minimum atomic E-state index is -0.282. The van der Waals surface area contributed by atoms with Crippen molar-refractivity contribution in [1.29, 1.82) is 0 Å². The van der Waals surface area contributed by atoms with Crippen LogP contribution in [0.1, 0.15) is 25.8 Å². The number of guanidine groups is 1. The molecule has 2 heterocycles. The lowest BCUT2D eigenvalue weighted by Gasteiger charge is -2.26. The van der Waals surface area contributed by atoms with E-state index < -0.39 is 0 Å². The molecular formula is C16H19N3O4. The van der Waals surface area contributed by atoms with Gasteiger partial charge in [0, 0.05) is 25.5 Å². The van der Waals surface area contributed by atoms with Gasteiger partial charge in [-0.25, -0.2) is 4.99 Å². The molecule has 0 radical (unpaired) electrons. The van der Waals surface area contributed by atoms with Crippen molar-refractivity contribution in [3.05, 3.63) is 23.8 Å². The molecule has 0 aliphatic carbocycles. The van der Waals surface area contributed by atoms with Crippen LogP contribution in [0.4, 0.5) is 5.69 Å². The highest BCUT2D eigenvalue weighted by Gasteiger charge is 2.35. The van der Waals surface area contributed by atoms with Crippen LogP contribution in [-0.2, 0) is 20.9 Å². The van der Waals surface area contributed by atoms with Gasteiger partial charge in [0.25, 0.3) is 0 Å². The zero-order chi connectivity index (χ0) is 16.4. The van der Waals surface area contributed by atoms with E-state index in [0.717, 1.165) is 17.0 Å². The van der Waals surface area contributed by atoms with Gasteiger partial charge in [-0.2, -0.15) is 0 Å². The Morgan fingerprint density at radius 2 is 2.26 bits per heavy atom. The number of nitrogens with zero attached hydrogens (tertiary/aromatic N) is 2. The first kappa shape index (κ1) is 15.3. The first-order chi connectivity index (χ1) is 11.0. The Morgan fingerprint density at radius 1 is 1.43 bits per heavy atom. The van der Waals surface area contributed by atoms with E-state index in [4.69, 9.17) is 9.47 Å². The molecule has 7 heteroatoms. The normalized spacial score (nSPS) is 18.7. The quantitative estimate of drug-likeness (QED) is 0.655. The standard InChI is InChI=1S/C16H19N3O4/c1-10-15(21)18-16-17-14-5-4-13(8-12(14)9-19(10)16)23-7-3-6-22-11(2)20/h4-5,8,10H,3,6-7,9H2,1-2H3,(H,17,18,21). The highest BCUT2D eigenvalue weighted by Crippen LogP contribution is 2.31. The molecule has 0 bridgehead atoms. The van der Waals surface area contributed by atoms with Crippen molar-refractivity contribution in [2.45, 2.75) is 32.9 Å². The highest BCUT2D eigenvalue weighted by molar-refractivity contribution is 6.07. The Morgan fingerprint density at radius 3 is 3.04 bits per heavy atom. The number of esters is 1. The fourth-order valence-electron chi connectivity index (χ4n) is 2.57. The van der Waals surface area contributed by atoms with Crippen LogP contribution in [0.15, 0.2) is 23.2 Å². The number of hydrogen-bond acceptors (Lipinski definition) is 6. The van der Waals surface area contributed by atoms with Crippen LogP contribution in [0, 0.1) is 0 Å². The second-order valence-corrected chi connectivity index (χ2v) is 5.56. The maximum atomic E-state index is 11.7. The fourth-order valence-corrected chi connectivity index (χ4v) is 2.57. The van der Waals surface area contributed by atoms with Gasteiger partial charge < -0.3 is 14.4 Å². The van der Waals surface area contributed by atoms with Gasteiger partial charge in [0.05, 0.1) is 18.9 Å². The number of hydrogen-bond donors (Lipinski definition) is 1. The largest absolute Gasteiger partial charge is 0.493 e. The van der Waals surface area contributed by atoms with Crippen LogP contribution in [0.5, 0.6) is 5.75 Å². The number of ether oxygens (including phenoxy) is 2. The summed E-state index contributed by atoms with van der Waals surface area (Å²) >= 11 is 0. The Kier molecular flexibility index (Phi) is 4.18. The molecule has 1 unspecified atom stereocenters. The summed E-state index contributed by atoms with van der Waals surface area (Å²) < 4.78 is 10.5. The van der Waals surface area contributed by atoms with E-state index in [0.29, 0.717) is 32.1 Å². The van der Waals surface area contributed by atoms with Crippen molar-refractivity contribution >= 4 is 23.5 Å². The molecule has 122 valence electrons. The van der Waals surface area contributed by atoms with Gasteiger partial charge in [0.15, 0.2) is 0 Å². The van der Waals surface area contributed by atoms with Gasteiger partial charge in [-0.3, -0.25) is 14.9 Å². The maximum absolute atomic E-state index is 11.7. The maximum Gasteiger partial charge on any atom is 0.302 e. The summed E-state index contributed by atoms with van der Waals surface area (Å²) in [4.78, 5) is 28.8. The van der Waals surface area contributed by atoms with E-state index in [2.05, 4.69) is 10.3 Å². The third kappa shape index (κ3) is 3.28. The van der Waals surface area contributed by atoms with Gasteiger partial charge in [-0.1, -0.05) is 0 Å². The molecule has 0 aromatic heterocycles. The van der Waals surface area contributed by atoms with Gasteiger partial charge in [0.2, 0.25) is 11.9 Å². The van der Waals surface area contributed by atoms with Crippen molar-refractivity contribution < 1.29 is 19.1 Å². The van der Waals surface area contributed by atoms with Gasteiger partial charge >= 0.3 is 5.97 Å². The Balaban J connectivity index is 1.61. The molecule has 1 N–H and O–H groups in total. The molecule has 2 aliphatic rings. The van der Waals surface area contributed by atoms with Crippen LogP contribution >= 0.6 is 0 Å². The number of aliphatic imine (C=N–C) groups is 1. The van der Waals surface area contributed by atoms with E-state index in [1.165, 1.54) is 6.92 Å². The minimum absolute atomic E-state index is 0.0292. The van der Waals surface area contributed by atoms with E-state index in [-0.39, 0.29) is 17.9 Å². The number of benzene rings is 1. The zero-order valence-corrected chi connectivity index (χ0v) is 13.2. The summed E-state index contributed by atoms with van der Waals surface area (Å²) in [6.07, 6.45) is 0.639. The number of carbonyl (C=O) groups excluding carboxylic acids is 2. The van der Waals surface area contributed by atoms with E-state index >= 15 is 0 Å². The summed E-state index contributed by atoms with van der Waals surface area (Å²) in [6.45, 7) is 4.70. The average Bonchev–Trinajstić information content (AvgIpc) is 2.79. The van der Waals surface area contributed by atoms with Crippen LogP contribution in [-0.4, -0.2) is 42.0 Å². The van der Waals surface area contributed by atoms with E-state index in [1.54, 1.807) is 0 Å². The summed E-state index contributed by atoms with van der Waals surface area (Å²) in [7, 11) is 0. The monoisotopic (exact) mass is 317 g/mol. The lowest BCUT2D eigenvalue weighted by atomic mass is 10.1. The van der Waals surface area contributed by atoms with Crippen molar-refractivity contribution in [2.24, 2.45) is 4.99 Å². The lowest BCUT2D eigenvalue weighted by molar-refractivity contribution is -0.141. The third-order valence-corrected chi connectivity index (χ3v) is 3.83. The molecule has 7 nitrogen and oxygen atoms in total. The van der Waals surface area contributed by atoms with Gasteiger partial charge in [-0.05, 0) is 25.1 Å². The Labute approximate surface area is 134 Å². The minimum Gasteiger partial charge on any atom is -0.493 e. The molecule has 3 rings (SSSR count). The second kappa shape index (κ2) is 6.28. The molecule has 1 aromatic rings. The van der Waals surface area contributed by atoms with Gasteiger partial charge in [-0.15, -0.1) is 0 Å². The van der Waals surface area contributed by atoms with Crippen molar-refractivity contribution in [3.8, 4) is 5.75 Å². The zero-order valence-electron chi connectivity index (χ0n) is 13.2. The van der Waals surface area contributed by atoms with Crippen LogP contribution in [0.3, 0.4) is 0 Å². The first-order valence-electron chi connectivity index (χ1n) is 7.60. The number of rotatable bonds is 5. The molecule has 1 aromatic carbocycles. The molecule has 0 spiro atoms. The average molecular weight is 317 g/mol. The second-order valence-electron chi connectivity index (χ2n) is 5.56. The molecular weight excluding hydrogens is 298 g/mol. The van der Waals surface area contributed by atoms with Crippen LogP contribution < -0.4 is 10.1 Å². The lowest BCUT2D eigenvalue weighted by Crippen LogP contribution is -2.35. The van der Waals surface area contributed by atoms with Crippen molar-refractivity contribution in [1.82, 2.24) is 10.2 Å².